The minimum Gasteiger partial charge on any atom is -0.463 e. The summed E-state index contributed by atoms with van der Waals surface area (Å²) in [6.45, 7) is 7.47. The maximum absolute atomic E-state index is 11.7. The number of halogens is 1. The summed E-state index contributed by atoms with van der Waals surface area (Å²) < 4.78 is 10.8. The summed E-state index contributed by atoms with van der Waals surface area (Å²) in [6.07, 6.45) is 2.46. The van der Waals surface area contributed by atoms with Crippen molar-refractivity contribution in [1.29, 1.82) is 0 Å². The maximum atomic E-state index is 11.7. The van der Waals surface area contributed by atoms with Crippen molar-refractivity contribution in [1.82, 2.24) is 0 Å². The Kier molecular flexibility index (Phi) is 6.42. The second-order valence-electron chi connectivity index (χ2n) is 5.04. The molecule has 0 unspecified atom stereocenters. The van der Waals surface area contributed by atoms with Crippen LogP contribution < -0.4 is 5.32 Å². The summed E-state index contributed by atoms with van der Waals surface area (Å²) in [5.74, 6) is -0.403. The Bertz CT molecular complexity index is 546. The van der Waals surface area contributed by atoms with E-state index in [1.165, 1.54) is 17.4 Å². The van der Waals surface area contributed by atoms with Gasteiger partial charge in [0.1, 0.15) is 5.60 Å². The third kappa shape index (κ3) is 6.77. The molecule has 0 radical (unpaired) electrons. The first-order valence-corrected chi connectivity index (χ1v) is 7.96. The monoisotopic (exact) mass is 375 g/mol. The van der Waals surface area contributed by atoms with Gasteiger partial charge in [-0.05, 0) is 55.8 Å². The quantitative estimate of drug-likeness (QED) is 0.624. The lowest BCUT2D eigenvalue weighted by Crippen LogP contribution is -2.26. The largest absolute Gasteiger partial charge is 0.463 e. The minimum atomic E-state index is -0.550. The molecule has 116 valence electrons. The van der Waals surface area contributed by atoms with Crippen LogP contribution in [0.1, 0.15) is 32.6 Å². The average Bonchev–Trinajstić information content (AvgIpc) is 2.64. The van der Waals surface area contributed by atoms with Gasteiger partial charge in [0.05, 0.1) is 11.6 Å². The molecule has 0 spiro atoms. The predicted octanol–water partition coefficient (Wildman–Crippen LogP) is 4.43. The van der Waals surface area contributed by atoms with Gasteiger partial charge in [-0.15, -0.1) is 11.3 Å². The fraction of sp³-hybridized carbons (Fsp3) is 0.429. The van der Waals surface area contributed by atoms with Crippen molar-refractivity contribution in [3.8, 4) is 0 Å². The third-order valence-electron chi connectivity index (χ3n) is 1.99. The van der Waals surface area contributed by atoms with E-state index in [9.17, 15) is 9.59 Å². The van der Waals surface area contributed by atoms with Crippen LogP contribution in [0, 0.1) is 0 Å². The van der Waals surface area contributed by atoms with Crippen LogP contribution in [0.15, 0.2) is 16.6 Å². The number of hydrogen-bond acceptors (Lipinski definition) is 5. The Balaban J connectivity index is 2.70. The topological polar surface area (TPSA) is 64.6 Å². The standard InChI is InChI=1S/C14H18BrNO4S/c1-5-19-12(17)7-6-10-9(15)8-11(21-10)16-13(18)20-14(2,3)4/h6-8H,5H2,1-4H3,(H,16,18). The molecule has 0 saturated carbocycles. The molecule has 1 heterocycles. The molecule has 0 fully saturated rings. The van der Waals surface area contributed by atoms with Crippen LogP contribution in [0.2, 0.25) is 0 Å². The molecule has 21 heavy (non-hydrogen) atoms. The molecule has 1 rings (SSSR count). The van der Waals surface area contributed by atoms with Gasteiger partial charge in [0.25, 0.3) is 0 Å². The van der Waals surface area contributed by atoms with Crippen molar-refractivity contribution in [3.63, 3.8) is 0 Å². The fourth-order valence-corrected chi connectivity index (χ4v) is 2.89. The molecule has 0 aliphatic rings. The number of carbonyl (C=O) groups is 2. The summed E-state index contributed by atoms with van der Waals surface area (Å²) >= 11 is 4.69. The molecule has 0 aliphatic heterocycles. The van der Waals surface area contributed by atoms with Crippen molar-refractivity contribution in [2.24, 2.45) is 0 Å². The van der Waals surface area contributed by atoms with E-state index in [0.717, 1.165) is 9.35 Å². The van der Waals surface area contributed by atoms with Gasteiger partial charge in [0.15, 0.2) is 0 Å². The average molecular weight is 376 g/mol. The Morgan fingerprint density at radius 2 is 2.10 bits per heavy atom. The molecule has 0 saturated heterocycles. The smallest absolute Gasteiger partial charge is 0.412 e. The van der Waals surface area contributed by atoms with Crippen LogP contribution in [0.4, 0.5) is 9.80 Å². The van der Waals surface area contributed by atoms with Gasteiger partial charge in [-0.1, -0.05) is 0 Å². The number of rotatable bonds is 4. The summed E-state index contributed by atoms with van der Waals surface area (Å²) in [6, 6.07) is 1.75. The van der Waals surface area contributed by atoms with E-state index in [0.29, 0.717) is 11.6 Å². The number of nitrogens with one attached hydrogen (secondary N) is 1. The van der Waals surface area contributed by atoms with Gasteiger partial charge < -0.3 is 9.47 Å². The molecule has 1 N–H and O–H groups in total. The Morgan fingerprint density at radius 1 is 1.43 bits per heavy atom. The lowest BCUT2D eigenvalue weighted by atomic mass is 10.2. The Morgan fingerprint density at radius 3 is 2.67 bits per heavy atom. The maximum Gasteiger partial charge on any atom is 0.412 e. The highest BCUT2D eigenvalue weighted by Gasteiger charge is 2.17. The van der Waals surface area contributed by atoms with Crippen LogP contribution in [-0.4, -0.2) is 24.3 Å². The van der Waals surface area contributed by atoms with Gasteiger partial charge in [-0.25, -0.2) is 9.59 Å². The Labute approximate surface area is 136 Å². The third-order valence-corrected chi connectivity index (χ3v) is 3.93. The van der Waals surface area contributed by atoms with Gasteiger partial charge in [0.2, 0.25) is 0 Å². The Hall–Kier alpha value is -1.34. The molecule has 1 aromatic heterocycles. The number of ether oxygens (including phenoxy) is 2. The second kappa shape index (κ2) is 7.61. The molecule has 0 atom stereocenters. The van der Waals surface area contributed by atoms with Crippen LogP contribution in [0.25, 0.3) is 6.08 Å². The molecule has 1 aromatic rings. The first kappa shape index (κ1) is 17.7. The predicted molar refractivity (Wildman–Crippen MR) is 87.5 cm³/mol. The summed E-state index contributed by atoms with van der Waals surface area (Å²) in [5.41, 5.74) is -0.550. The lowest BCUT2D eigenvalue weighted by molar-refractivity contribution is -0.137. The van der Waals surface area contributed by atoms with E-state index in [1.54, 1.807) is 39.8 Å². The number of esters is 1. The zero-order chi connectivity index (χ0) is 16.0. The normalized spacial score (nSPS) is 11.5. The van der Waals surface area contributed by atoms with E-state index in [2.05, 4.69) is 21.2 Å². The fourth-order valence-electron chi connectivity index (χ4n) is 1.30. The first-order chi connectivity index (χ1) is 9.71. The van der Waals surface area contributed by atoms with Crippen molar-refractivity contribution >= 4 is 50.4 Å². The molecule has 0 bridgehead atoms. The number of thiophene rings is 1. The van der Waals surface area contributed by atoms with Gasteiger partial charge >= 0.3 is 12.1 Å². The zero-order valence-electron chi connectivity index (χ0n) is 12.4. The van der Waals surface area contributed by atoms with Gasteiger partial charge in [0, 0.05) is 15.4 Å². The summed E-state index contributed by atoms with van der Waals surface area (Å²) in [7, 11) is 0. The molecular formula is C14H18BrNO4S. The highest BCUT2D eigenvalue weighted by Crippen LogP contribution is 2.32. The molecular weight excluding hydrogens is 358 g/mol. The van der Waals surface area contributed by atoms with E-state index in [4.69, 9.17) is 9.47 Å². The zero-order valence-corrected chi connectivity index (χ0v) is 14.8. The minimum absolute atomic E-state index is 0.334. The van der Waals surface area contributed by atoms with E-state index in [-0.39, 0.29) is 0 Å². The number of hydrogen-bond donors (Lipinski definition) is 1. The van der Waals surface area contributed by atoms with Crippen LogP contribution in [-0.2, 0) is 14.3 Å². The van der Waals surface area contributed by atoms with Crippen molar-refractivity contribution in [2.75, 3.05) is 11.9 Å². The molecule has 5 nitrogen and oxygen atoms in total. The van der Waals surface area contributed by atoms with Crippen molar-refractivity contribution in [3.05, 3.63) is 21.5 Å². The summed E-state index contributed by atoms with van der Waals surface area (Å²) in [5, 5.41) is 3.27. The highest BCUT2D eigenvalue weighted by molar-refractivity contribution is 9.10. The number of amides is 1. The highest BCUT2D eigenvalue weighted by atomic mass is 79.9. The van der Waals surface area contributed by atoms with Crippen LogP contribution in [0.5, 0.6) is 0 Å². The number of anilines is 1. The van der Waals surface area contributed by atoms with Crippen LogP contribution >= 0.6 is 27.3 Å². The van der Waals surface area contributed by atoms with E-state index < -0.39 is 17.7 Å². The van der Waals surface area contributed by atoms with Crippen molar-refractivity contribution in [2.45, 2.75) is 33.3 Å². The van der Waals surface area contributed by atoms with Crippen LogP contribution in [0.3, 0.4) is 0 Å². The number of carbonyl (C=O) groups excluding carboxylic acids is 2. The second-order valence-corrected chi connectivity index (χ2v) is 6.97. The van der Waals surface area contributed by atoms with E-state index >= 15 is 0 Å². The molecule has 0 aromatic carbocycles. The van der Waals surface area contributed by atoms with Crippen molar-refractivity contribution < 1.29 is 19.1 Å². The summed E-state index contributed by atoms with van der Waals surface area (Å²) in [4.78, 5) is 23.7. The van der Waals surface area contributed by atoms with E-state index in [1.807, 2.05) is 0 Å². The molecule has 7 heteroatoms. The lowest BCUT2D eigenvalue weighted by Gasteiger charge is -2.19. The van der Waals surface area contributed by atoms with Gasteiger partial charge in [-0.3, -0.25) is 5.32 Å². The first-order valence-electron chi connectivity index (χ1n) is 6.35. The SMILES string of the molecule is CCOC(=O)C=Cc1sc(NC(=O)OC(C)(C)C)cc1Br. The van der Waals surface area contributed by atoms with Gasteiger partial charge in [-0.2, -0.15) is 0 Å². The molecule has 1 amide bonds. The molecule has 0 aliphatic carbocycles.